The van der Waals surface area contributed by atoms with Crippen LogP contribution in [0, 0.1) is 0 Å². The number of hydrogen-bond donors (Lipinski definition) is 2. The fourth-order valence-corrected chi connectivity index (χ4v) is 2.65. The van der Waals surface area contributed by atoms with Crippen molar-refractivity contribution >= 4 is 34.6 Å². The van der Waals surface area contributed by atoms with Gasteiger partial charge in [0, 0.05) is 17.6 Å². The Balaban J connectivity index is 2.18. The van der Waals surface area contributed by atoms with Crippen molar-refractivity contribution in [2.45, 2.75) is 13.0 Å². The van der Waals surface area contributed by atoms with Crippen LogP contribution in [0.4, 0.5) is 17.1 Å². The number of para-hydroxylation sites is 1. The van der Waals surface area contributed by atoms with E-state index < -0.39 is 0 Å². The van der Waals surface area contributed by atoms with Gasteiger partial charge >= 0.3 is 0 Å². The smallest absolute Gasteiger partial charge is 0.260 e. The van der Waals surface area contributed by atoms with Crippen molar-refractivity contribution in [2.24, 2.45) is 5.73 Å². The van der Waals surface area contributed by atoms with E-state index in [1.807, 2.05) is 37.3 Å². The van der Waals surface area contributed by atoms with E-state index in [9.17, 15) is 4.79 Å². The van der Waals surface area contributed by atoms with Crippen molar-refractivity contribution in [3.05, 3.63) is 53.1 Å². The van der Waals surface area contributed by atoms with Crippen LogP contribution in [0.2, 0.25) is 5.02 Å². The molecule has 4 nitrogen and oxygen atoms in total. The van der Waals surface area contributed by atoms with Crippen LogP contribution in [0.15, 0.2) is 42.5 Å². The summed E-state index contributed by atoms with van der Waals surface area (Å²) in [5, 5.41) is 3.89. The van der Waals surface area contributed by atoms with Crippen LogP contribution in [0.5, 0.6) is 0 Å². The average Bonchev–Trinajstić information content (AvgIpc) is 2.56. The molecule has 0 unspecified atom stereocenters. The predicted octanol–water partition coefficient (Wildman–Crippen LogP) is 3.39. The van der Waals surface area contributed by atoms with Crippen LogP contribution < -0.4 is 16.0 Å². The van der Waals surface area contributed by atoms with E-state index in [-0.39, 0.29) is 11.9 Å². The third-order valence-corrected chi connectivity index (χ3v) is 3.63. The monoisotopic (exact) mass is 301 g/mol. The summed E-state index contributed by atoms with van der Waals surface area (Å²) in [7, 11) is 0. The van der Waals surface area contributed by atoms with Gasteiger partial charge in [-0.25, -0.2) is 0 Å². The van der Waals surface area contributed by atoms with E-state index in [2.05, 4.69) is 5.32 Å². The molecule has 0 aliphatic carbocycles. The maximum absolute atomic E-state index is 12.8. The highest BCUT2D eigenvalue weighted by molar-refractivity contribution is 6.31. The fourth-order valence-electron chi connectivity index (χ4n) is 2.48. The predicted molar refractivity (Wildman–Crippen MR) is 86.5 cm³/mol. The fraction of sp³-hybridized carbons (Fsp3) is 0.188. The van der Waals surface area contributed by atoms with Gasteiger partial charge in [-0.05, 0) is 37.3 Å². The number of nitrogens with two attached hydrogens (primary N) is 1. The summed E-state index contributed by atoms with van der Waals surface area (Å²) in [4.78, 5) is 14.5. The molecule has 1 heterocycles. The second-order valence-corrected chi connectivity index (χ2v) is 5.66. The Labute approximate surface area is 128 Å². The number of nitrogens with one attached hydrogen (secondary N) is 1. The number of fused-ring (bicyclic) bond motifs is 2. The van der Waals surface area contributed by atoms with Crippen LogP contribution >= 0.6 is 11.6 Å². The Morgan fingerprint density at radius 2 is 2.00 bits per heavy atom. The van der Waals surface area contributed by atoms with E-state index in [1.54, 1.807) is 17.0 Å². The summed E-state index contributed by atoms with van der Waals surface area (Å²) in [6.07, 6.45) is 0. The van der Waals surface area contributed by atoms with Gasteiger partial charge in [-0.1, -0.05) is 23.7 Å². The molecule has 1 aliphatic heterocycles. The van der Waals surface area contributed by atoms with Gasteiger partial charge in [-0.2, -0.15) is 0 Å². The summed E-state index contributed by atoms with van der Waals surface area (Å²) < 4.78 is 0. The zero-order valence-electron chi connectivity index (χ0n) is 11.6. The number of anilines is 3. The first-order chi connectivity index (χ1) is 10.1. The first kappa shape index (κ1) is 13.9. The van der Waals surface area contributed by atoms with Crippen LogP contribution in [-0.4, -0.2) is 18.5 Å². The zero-order chi connectivity index (χ0) is 15.0. The minimum Gasteiger partial charge on any atom is -0.353 e. The molecule has 0 aromatic heterocycles. The number of halogens is 1. The minimum absolute atomic E-state index is 0.0728. The number of carbonyl (C=O) groups excluding carboxylic acids is 1. The van der Waals surface area contributed by atoms with E-state index in [4.69, 9.17) is 17.3 Å². The number of amides is 1. The van der Waals surface area contributed by atoms with Crippen molar-refractivity contribution in [1.82, 2.24) is 0 Å². The molecular weight excluding hydrogens is 286 g/mol. The van der Waals surface area contributed by atoms with Crippen molar-refractivity contribution in [2.75, 3.05) is 16.8 Å². The van der Waals surface area contributed by atoms with Crippen molar-refractivity contribution in [3.8, 4) is 0 Å². The average molecular weight is 302 g/mol. The number of rotatable bonds is 2. The summed E-state index contributed by atoms with van der Waals surface area (Å²) in [6, 6.07) is 12.8. The van der Waals surface area contributed by atoms with Crippen molar-refractivity contribution in [3.63, 3.8) is 0 Å². The second-order valence-electron chi connectivity index (χ2n) is 5.23. The normalized spacial score (nSPS) is 14.8. The maximum Gasteiger partial charge on any atom is 0.260 e. The van der Waals surface area contributed by atoms with E-state index >= 15 is 0 Å². The van der Waals surface area contributed by atoms with Gasteiger partial charge in [-0.15, -0.1) is 0 Å². The Kier molecular flexibility index (Phi) is 3.57. The van der Waals surface area contributed by atoms with Crippen molar-refractivity contribution < 1.29 is 4.79 Å². The van der Waals surface area contributed by atoms with Crippen molar-refractivity contribution in [1.29, 1.82) is 0 Å². The molecule has 2 aromatic carbocycles. The lowest BCUT2D eigenvalue weighted by atomic mass is 10.1. The minimum atomic E-state index is -0.133. The number of carbonyl (C=O) groups is 1. The molecule has 0 spiro atoms. The molecule has 108 valence electrons. The molecule has 21 heavy (non-hydrogen) atoms. The third-order valence-electron chi connectivity index (χ3n) is 3.39. The van der Waals surface area contributed by atoms with Gasteiger partial charge in [0.05, 0.1) is 22.6 Å². The number of nitrogens with zero attached hydrogens (tertiary/aromatic N) is 1. The Morgan fingerprint density at radius 1 is 1.24 bits per heavy atom. The number of benzene rings is 2. The quantitative estimate of drug-likeness (QED) is 0.894. The summed E-state index contributed by atoms with van der Waals surface area (Å²) in [6.45, 7) is 2.31. The second kappa shape index (κ2) is 5.39. The molecule has 0 saturated carbocycles. The van der Waals surface area contributed by atoms with E-state index in [0.29, 0.717) is 17.1 Å². The van der Waals surface area contributed by atoms with Gasteiger partial charge in [0.2, 0.25) is 0 Å². The number of hydrogen-bond acceptors (Lipinski definition) is 3. The van der Waals surface area contributed by atoms with Gasteiger partial charge in [0.1, 0.15) is 0 Å². The molecule has 0 saturated heterocycles. The molecule has 5 heteroatoms. The highest BCUT2D eigenvalue weighted by Crippen LogP contribution is 2.37. The molecule has 1 atom stereocenters. The van der Waals surface area contributed by atoms with Gasteiger partial charge in [-0.3, -0.25) is 4.79 Å². The lowest BCUT2D eigenvalue weighted by Crippen LogP contribution is -2.39. The highest BCUT2D eigenvalue weighted by atomic mass is 35.5. The Hall–Kier alpha value is -2.04. The zero-order valence-corrected chi connectivity index (χ0v) is 12.4. The maximum atomic E-state index is 12.8. The summed E-state index contributed by atoms with van der Waals surface area (Å²) in [5.41, 5.74) is 8.92. The molecule has 0 fully saturated rings. The van der Waals surface area contributed by atoms with Crippen LogP contribution in [0.3, 0.4) is 0 Å². The first-order valence-corrected chi connectivity index (χ1v) is 7.17. The van der Waals surface area contributed by atoms with Gasteiger partial charge in [0.15, 0.2) is 0 Å². The Bertz CT molecular complexity index is 700. The topological polar surface area (TPSA) is 58.4 Å². The van der Waals surface area contributed by atoms with Gasteiger partial charge < -0.3 is 16.0 Å². The molecule has 3 rings (SSSR count). The van der Waals surface area contributed by atoms with Crippen LogP contribution in [0.25, 0.3) is 0 Å². The highest BCUT2D eigenvalue weighted by Gasteiger charge is 2.27. The molecule has 3 N–H and O–H groups in total. The van der Waals surface area contributed by atoms with Crippen LogP contribution in [0.1, 0.15) is 17.3 Å². The molecule has 0 radical (unpaired) electrons. The summed E-state index contributed by atoms with van der Waals surface area (Å²) >= 11 is 6.09. The lowest BCUT2D eigenvalue weighted by molar-refractivity contribution is 0.0987. The third kappa shape index (κ3) is 2.60. The Morgan fingerprint density at radius 3 is 2.76 bits per heavy atom. The molecule has 1 amide bonds. The standard InChI is InChI=1S/C16H16ClN3O/c1-10(18)9-20-15-8-11(17)6-7-14(15)19-13-5-3-2-4-12(13)16(20)21/h2-8,10,19H,9,18H2,1H3/t10-/m0/s1. The molecular formula is C16H16ClN3O. The molecule has 2 aromatic rings. The van der Waals surface area contributed by atoms with Crippen LogP contribution in [-0.2, 0) is 0 Å². The molecule has 1 aliphatic rings. The van der Waals surface area contributed by atoms with E-state index in [0.717, 1.165) is 17.1 Å². The summed E-state index contributed by atoms with van der Waals surface area (Å²) in [5.74, 6) is -0.0728. The molecule has 0 bridgehead atoms. The SMILES string of the molecule is C[C@H](N)CN1C(=O)c2ccccc2Nc2ccc(Cl)cc21. The van der Waals surface area contributed by atoms with Gasteiger partial charge in [0.25, 0.3) is 5.91 Å². The lowest BCUT2D eigenvalue weighted by Gasteiger charge is -2.24. The van der Waals surface area contributed by atoms with E-state index in [1.165, 1.54) is 0 Å². The first-order valence-electron chi connectivity index (χ1n) is 6.79. The largest absolute Gasteiger partial charge is 0.353 e.